The van der Waals surface area contributed by atoms with E-state index in [-0.39, 0.29) is 6.61 Å². The molecule has 0 amide bonds. The van der Waals surface area contributed by atoms with E-state index in [0.29, 0.717) is 0 Å². The van der Waals surface area contributed by atoms with E-state index in [4.69, 9.17) is 0 Å². The SMILES string of the molecule is CCc1ccc(C(C)(CO)Nc2cccc(C)c2)cc1. The third-order valence-corrected chi connectivity index (χ3v) is 3.75. The third-order valence-electron chi connectivity index (χ3n) is 3.75. The lowest BCUT2D eigenvalue weighted by Crippen LogP contribution is -2.35. The van der Waals surface area contributed by atoms with Crippen molar-refractivity contribution < 1.29 is 5.11 Å². The van der Waals surface area contributed by atoms with Crippen molar-refractivity contribution in [2.75, 3.05) is 11.9 Å². The van der Waals surface area contributed by atoms with E-state index in [1.165, 1.54) is 11.1 Å². The Bertz CT molecular complexity index is 562. The number of anilines is 1. The quantitative estimate of drug-likeness (QED) is 0.863. The summed E-state index contributed by atoms with van der Waals surface area (Å²) in [6, 6.07) is 16.7. The van der Waals surface area contributed by atoms with Gasteiger partial charge in [0.05, 0.1) is 12.1 Å². The summed E-state index contributed by atoms with van der Waals surface area (Å²) in [5, 5.41) is 13.3. The lowest BCUT2D eigenvalue weighted by molar-refractivity contribution is 0.224. The van der Waals surface area contributed by atoms with Crippen LogP contribution in [0, 0.1) is 6.92 Å². The minimum atomic E-state index is -0.472. The first-order valence-corrected chi connectivity index (χ1v) is 7.12. The summed E-state index contributed by atoms with van der Waals surface area (Å²) >= 11 is 0. The standard InChI is InChI=1S/C18H23NO/c1-4-15-8-10-16(11-9-15)18(3,13-20)19-17-7-5-6-14(2)12-17/h5-12,19-20H,4,13H2,1-3H3. The van der Waals surface area contributed by atoms with E-state index in [1.54, 1.807) is 0 Å². The minimum absolute atomic E-state index is 0.0480. The fourth-order valence-corrected chi connectivity index (χ4v) is 2.35. The summed E-state index contributed by atoms with van der Waals surface area (Å²) in [4.78, 5) is 0. The molecule has 0 aliphatic rings. The van der Waals surface area contributed by atoms with Crippen LogP contribution in [0.15, 0.2) is 48.5 Å². The molecule has 0 saturated heterocycles. The van der Waals surface area contributed by atoms with Crippen molar-refractivity contribution in [2.45, 2.75) is 32.7 Å². The molecule has 0 fully saturated rings. The first-order chi connectivity index (χ1) is 9.57. The predicted octanol–water partition coefficient (Wildman–Crippen LogP) is 3.88. The molecule has 2 aromatic carbocycles. The van der Waals surface area contributed by atoms with Crippen molar-refractivity contribution in [3.63, 3.8) is 0 Å². The van der Waals surface area contributed by atoms with E-state index in [0.717, 1.165) is 17.7 Å². The highest BCUT2D eigenvalue weighted by molar-refractivity contribution is 5.49. The van der Waals surface area contributed by atoms with Crippen molar-refractivity contribution in [2.24, 2.45) is 0 Å². The molecule has 2 aromatic rings. The number of rotatable bonds is 5. The first-order valence-electron chi connectivity index (χ1n) is 7.12. The van der Waals surface area contributed by atoms with Crippen LogP contribution >= 0.6 is 0 Å². The number of hydrogen-bond donors (Lipinski definition) is 2. The zero-order valence-electron chi connectivity index (χ0n) is 12.5. The van der Waals surface area contributed by atoms with Crippen LogP contribution in [-0.4, -0.2) is 11.7 Å². The van der Waals surface area contributed by atoms with Gasteiger partial charge >= 0.3 is 0 Å². The van der Waals surface area contributed by atoms with Gasteiger partial charge in [0.2, 0.25) is 0 Å². The molecule has 1 unspecified atom stereocenters. The summed E-state index contributed by atoms with van der Waals surface area (Å²) < 4.78 is 0. The average Bonchev–Trinajstić information content (AvgIpc) is 2.47. The molecular weight excluding hydrogens is 246 g/mol. The Kier molecular flexibility index (Phi) is 4.46. The van der Waals surface area contributed by atoms with Crippen molar-refractivity contribution in [3.8, 4) is 0 Å². The fourth-order valence-electron chi connectivity index (χ4n) is 2.35. The lowest BCUT2D eigenvalue weighted by atomic mass is 9.91. The number of nitrogens with one attached hydrogen (secondary N) is 1. The number of aliphatic hydroxyl groups excluding tert-OH is 1. The highest BCUT2D eigenvalue weighted by Gasteiger charge is 2.25. The van der Waals surface area contributed by atoms with Gasteiger partial charge in [-0.2, -0.15) is 0 Å². The van der Waals surface area contributed by atoms with Gasteiger partial charge in [0, 0.05) is 5.69 Å². The van der Waals surface area contributed by atoms with Gasteiger partial charge in [0.15, 0.2) is 0 Å². The maximum atomic E-state index is 9.83. The van der Waals surface area contributed by atoms with Gasteiger partial charge in [-0.3, -0.25) is 0 Å². The van der Waals surface area contributed by atoms with Crippen LogP contribution in [0.4, 0.5) is 5.69 Å². The highest BCUT2D eigenvalue weighted by Crippen LogP contribution is 2.26. The molecule has 2 heteroatoms. The van der Waals surface area contributed by atoms with Crippen molar-refractivity contribution >= 4 is 5.69 Å². The Morgan fingerprint density at radius 1 is 1.10 bits per heavy atom. The van der Waals surface area contributed by atoms with Gasteiger partial charge in [0.25, 0.3) is 0 Å². The summed E-state index contributed by atoms with van der Waals surface area (Å²) in [5.41, 5.74) is 4.17. The molecule has 106 valence electrons. The molecule has 1 atom stereocenters. The van der Waals surface area contributed by atoms with E-state index < -0.39 is 5.54 Å². The molecule has 2 N–H and O–H groups in total. The maximum Gasteiger partial charge on any atom is 0.0828 e. The molecule has 0 bridgehead atoms. The first kappa shape index (κ1) is 14.6. The second-order valence-electron chi connectivity index (χ2n) is 5.54. The van der Waals surface area contributed by atoms with Crippen LogP contribution in [0.1, 0.15) is 30.5 Å². The topological polar surface area (TPSA) is 32.3 Å². The number of benzene rings is 2. The zero-order chi connectivity index (χ0) is 14.6. The van der Waals surface area contributed by atoms with Gasteiger partial charge in [-0.15, -0.1) is 0 Å². The highest BCUT2D eigenvalue weighted by atomic mass is 16.3. The van der Waals surface area contributed by atoms with Gasteiger partial charge < -0.3 is 10.4 Å². The Balaban J connectivity index is 2.27. The van der Waals surface area contributed by atoms with Gasteiger partial charge in [-0.1, -0.05) is 43.3 Å². The zero-order valence-corrected chi connectivity index (χ0v) is 12.5. The Morgan fingerprint density at radius 3 is 2.35 bits per heavy atom. The molecule has 2 nitrogen and oxygen atoms in total. The number of aryl methyl sites for hydroxylation is 2. The summed E-state index contributed by atoms with van der Waals surface area (Å²) in [7, 11) is 0. The molecule has 20 heavy (non-hydrogen) atoms. The summed E-state index contributed by atoms with van der Waals surface area (Å²) in [6.07, 6.45) is 1.03. The molecule has 0 heterocycles. The van der Waals surface area contributed by atoms with Crippen LogP contribution in [0.25, 0.3) is 0 Å². The Hall–Kier alpha value is -1.80. The second-order valence-corrected chi connectivity index (χ2v) is 5.54. The predicted molar refractivity (Wildman–Crippen MR) is 85.1 cm³/mol. The lowest BCUT2D eigenvalue weighted by Gasteiger charge is -2.31. The van der Waals surface area contributed by atoms with E-state index in [1.807, 2.05) is 19.1 Å². The fraction of sp³-hybridized carbons (Fsp3) is 0.333. The van der Waals surface area contributed by atoms with Crippen LogP contribution in [0.5, 0.6) is 0 Å². The van der Waals surface area contributed by atoms with Gasteiger partial charge in [0.1, 0.15) is 0 Å². The maximum absolute atomic E-state index is 9.83. The largest absolute Gasteiger partial charge is 0.394 e. The number of aliphatic hydroxyl groups is 1. The Labute approximate surface area is 121 Å². The summed E-state index contributed by atoms with van der Waals surface area (Å²) in [5.74, 6) is 0. The molecule has 0 aliphatic carbocycles. The van der Waals surface area contributed by atoms with E-state index in [2.05, 4.69) is 55.6 Å². The second kappa shape index (κ2) is 6.10. The van der Waals surface area contributed by atoms with Crippen LogP contribution < -0.4 is 5.32 Å². The van der Waals surface area contributed by atoms with E-state index in [9.17, 15) is 5.11 Å². The van der Waals surface area contributed by atoms with Gasteiger partial charge in [-0.05, 0) is 49.1 Å². The van der Waals surface area contributed by atoms with Gasteiger partial charge in [-0.25, -0.2) is 0 Å². The molecule has 0 radical (unpaired) electrons. The monoisotopic (exact) mass is 269 g/mol. The van der Waals surface area contributed by atoms with Crippen LogP contribution in [0.2, 0.25) is 0 Å². The molecule has 2 rings (SSSR count). The normalized spacial score (nSPS) is 13.8. The van der Waals surface area contributed by atoms with Crippen LogP contribution in [-0.2, 0) is 12.0 Å². The van der Waals surface area contributed by atoms with Crippen LogP contribution in [0.3, 0.4) is 0 Å². The minimum Gasteiger partial charge on any atom is -0.394 e. The molecular formula is C18H23NO. The number of hydrogen-bond acceptors (Lipinski definition) is 2. The molecule has 0 saturated carbocycles. The molecule has 0 aliphatic heterocycles. The van der Waals surface area contributed by atoms with E-state index >= 15 is 0 Å². The Morgan fingerprint density at radius 2 is 1.80 bits per heavy atom. The smallest absolute Gasteiger partial charge is 0.0828 e. The third kappa shape index (κ3) is 3.20. The average molecular weight is 269 g/mol. The van der Waals surface area contributed by atoms with Crippen molar-refractivity contribution in [1.29, 1.82) is 0 Å². The van der Waals surface area contributed by atoms with Crippen molar-refractivity contribution in [1.82, 2.24) is 0 Å². The molecule has 0 spiro atoms. The molecule has 0 aromatic heterocycles. The van der Waals surface area contributed by atoms with Crippen molar-refractivity contribution in [3.05, 3.63) is 65.2 Å². The summed E-state index contributed by atoms with van der Waals surface area (Å²) in [6.45, 7) is 6.28.